The van der Waals surface area contributed by atoms with E-state index in [0.717, 1.165) is 43.1 Å². The molecule has 1 aromatic heterocycles. The molecule has 0 aliphatic heterocycles. The first-order valence-electron chi connectivity index (χ1n) is 4.79. The van der Waals surface area contributed by atoms with Crippen molar-refractivity contribution >= 4 is 19.0 Å². The number of rotatable bonds is 2. The molecule has 0 aromatic carbocycles. The van der Waals surface area contributed by atoms with Crippen LogP contribution >= 0.6 is 0 Å². The highest BCUT2D eigenvalue weighted by Crippen LogP contribution is 2.22. The quantitative estimate of drug-likeness (QED) is 0.433. The number of aromatic amines is 1. The first-order chi connectivity index (χ1) is 6.74. The first-order valence-corrected chi connectivity index (χ1v) is 4.79. The van der Waals surface area contributed by atoms with Crippen molar-refractivity contribution < 1.29 is 14.8 Å². The molecule has 0 fully saturated rings. The lowest BCUT2D eigenvalue weighted by molar-refractivity contribution is 0.111. The molecule has 14 heavy (non-hydrogen) atoms. The number of nitrogens with one attached hydrogen (secondary N) is 1. The molecule has 3 N–H and O–H groups in total. The fourth-order valence-corrected chi connectivity index (χ4v) is 2.12. The highest BCUT2D eigenvalue weighted by atomic mass is 16.4. The molecule has 0 amide bonds. The van der Waals surface area contributed by atoms with Gasteiger partial charge < -0.3 is 15.0 Å². The number of H-pyrrole nitrogens is 1. The first kappa shape index (κ1) is 9.49. The number of hydrogen-bond acceptors (Lipinski definition) is 3. The molecule has 1 heterocycles. The molecule has 0 spiro atoms. The Balaban J connectivity index is 2.52. The number of hydrogen-bond donors (Lipinski definition) is 3. The monoisotopic (exact) mass is 193 g/mol. The number of fused-ring (bicyclic) bond motifs is 1. The Morgan fingerprint density at radius 3 is 2.43 bits per heavy atom. The van der Waals surface area contributed by atoms with Crippen LogP contribution in [0.15, 0.2) is 0 Å². The summed E-state index contributed by atoms with van der Waals surface area (Å²) in [6.45, 7) is 0. The molecular formula is C9H12BNO3. The number of aldehydes is 1. The summed E-state index contributed by atoms with van der Waals surface area (Å²) < 4.78 is 0. The maximum absolute atomic E-state index is 10.7. The molecule has 0 saturated heterocycles. The Bertz CT molecular complexity index is 359. The third-order valence-corrected chi connectivity index (χ3v) is 2.76. The molecule has 5 heteroatoms. The van der Waals surface area contributed by atoms with E-state index in [1.165, 1.54) is 0 Å². The average Bonchev–Trinajstić information content (AvgIpc) is 2.56. The van der Waals surface area contributed by atoms with Crippen LogP contribution in [0.3, 0.4) is 0 Å². The standard InChI is InChI=1S/C9H12BNO3/c12-5-8-6-3-1-2-4-7(6)9(11-8)10(13)14/h5,11,13-14H,1-4H2. The molecule has 0 radical (unpaired) electrons. The Morgan fingerprint density at radius 2 is 1.86 bits per heavy atom. The summed E-state index contributed by atoms with van der Waals surface area (Å²) in [5.41, 5.74) is 2.78. The van der Waals surface area contributed by atoms with Crippen LogP contribution < -0.4 is 5.59 Å². The topological polar surface area (TPSA) is 73.3 Å². The fourth-order valence-electron chi connectivity index (χ4n) is 2.12. The van der Waals surface area contributed by atoms with Crippen molar-refractivity contribution in [3.63, 3.8) is 0 Å². The van der Waals surface area contributed by atoms with E-state index >= 15 is 0 Å². The van der Waals surface area contributed by atoms with E-state index in [-0.39, 0.29) is 0 Å². The zero-order valence-corrected chi connectivity index (χ0v) is 7.79. The minimum Gasteiger partial charge on any atom is -0.422 e. The van der Waals surface area contributed by atoms with Crippen molar-refractivity contribution in [3.8, 4) is 0 Å². The van der Waals surface area contributed by atoms with Gasteiger partial charge in [0.25, 0.3) is 0 Å². The van der Waals surface area contributed by atoms with E-state index in [9.17, 15) is 4.79 Å². The van der Waals surface area contributed by atoms with Gasteiger partial charge in [-0.05, 0) is 36.8 Å². The van der Waals surface area contributed by atoms with Gasteiger partial charge in [0.2, 0.25) is 0 Å². The molecule has 1 aliphatic rings. The van der Waals surface area contributed by atoms with Crippen molar-refractivity contribution in [3.05, 3.63) is 16.8 Å². The van der Waals surface area contributed by atoms with Crippen molar-refractivity contribution in [2.24, 2.45) is 0 Å². The smallest absolute Gasteiger partial charge is 0.422 e. The van der Waals surface area contributed by atoms with Crippen LogP contribution in [0.2, 0.25) is 0 Å². The highest BCUT2D eigenvalue weighted by molar-refractivity contribution is 6.58. The van der Waals surface area contributed by atoms with Gasteiger partial charge in [0.1, 0.15) is 0 Å². The van der Waals surface area contributed by atoms with Crippen LogP contribution in [0.1, 0.15) is 34.5 Å². The zero-order valence-electron chi connectivity index (χ0n) is 7.79. The minimum absolute atomic E-state index is 0.391. The maximum atomic E-state index is 10.7. The van der Waals surface area contributed by atoms with Crippen LogP contribution in [0, 0.1) is 0 Å². The molecule has 0 atom stereocenters. The summed E-state index contributed by atoms with van der Waals surface area (Å²) in [7, 11) is -1.50. The second kappa shape index (κ2) is 3.59. The van der Waals surface area contributed by atoms with Crippen LogP contribution in [-0.4, -0.2) is 28.4 Å². The number of aromatic nitrogens is 1. The predicted molar refractivity (Wildman–Crippen MR) is 52.6 cm³/mol. The molecule has 0 saturated carbocycles. The third-order valence-electron chi connectivity index (χ3n) is 2.76. The lowest BCUT2D eigenvalue weighted by Gasteiger charge is -2.12. The molecule has 2 rings (SSSR count). The lowest BCUT2D eigenvalue weighted by atomic mass is 9.79. The van der Waals surface area contributed by atoms with Crippen molar-refractivity contribution in [2.75, 3.05) is 0 Å². The largest absolute Gasteiger partial charge is 0.505 e. The maximum Gasteiger partial charge on any atom is 0.505 e. The molecule has 0 bridgehead atoms. The SMILES string of the molecule is O=Cc1[nH]c(B(O)O)c2c1CCCC2. The second-order valence-electron chi connectivity index (χ2n) is 3.61. The van der Waals surface area contributed by atoms with Gasteiger partial charge in [-0.3, -0.25) is 4.79 Å². The highest BCUT2D eigenvalue weighted by Gasteiger charge is 2.25. The van der Waals surface area contributed by atoms with E-state index in [1.807, 2.05) is 0 Å². The van der Waals surface area contributed by atoms with Gasteiger partial charge in [0.15, 0.2) is 6.29 Å². The summed E-state index contributed by atoms with van der Waals surface area (Å²) >= 11 is 0. The number of carbonyl (C=O) groups is 1. The van der Waals surface area contributed by atoms with Gasteiger partial charge in [-0.1, -0.05) is 0 Å². The van der Waals surface area contributed by atoms with E-state index in [2.05, 4.69) is 4.98 Å². The van der Waals surface area contributed by atoms with Crippen molar-refractivity contribution in [1.29, 1.82) is 0 Å². The Morgan fingerprint density at radius 1 is 1.21 bits per heavy atom. The van der Waals surface area contributed by atoms with Crippen LogP contribution in [0.5, 0.6) is 0 Å². The summed E-state index contributed by atoms with van der Waals surface area (Å²) in [5, 5.41) is 18.2. The predicted octanol–water partition coefficient (Wildman–Crippen LogP) is -0.614. The summed E-state index contributed by atoms with van der Waals surface area (Å²) in [6.07, 6.45) is 4.53. The molecule has 4 nitrogen and oxygen atoms in total. The third kappa shape index (κ3) is 1.38. The van der Waals surface area contributed by atoms with Crippen LogP contribution in [0.25, 0.3) is 0 Å². The van der Waals surface area contributed by atoms with Gasteiger partial charge in [-0.25, -0.2) is 0 Å². The summed E-state index contributed by atoms with van der Waals surface area (Å²) in [6, 6.07) is 0. The molecular weight excluding hydrogens is 181 g/mol. The van der Waals surface area contributed by atoms with E-state index in [1.54, 1.807) is 0 Å². The van der Waals surface area contributed by atoms with Crippen LogP contribution in [0.4, 0.5) is 0 Å². The molecule has 1 aliphatic carbocycles. The average molecular weight is 193 g/mol. The molecule has 0 unspecified atom stereocenters. The van der Waals surface area contributed by atoms with E-state index < -0.39 is 7.12 Å². The second-order valence-corrected chi connectivity index (χ2v) is 3.61. The van der Waals surface area contributed by atoms with E-state index in [0.29, 0.717) is 11.3 Å². The minimum atomic E-state index is -1.50. The van der Waals surface area contributed by atoms with Gasteiger partial charge in [0.05, 0.1) is 5.69 Å². The van der Waals surface area contributed by atoms with Crippen molar-refractivity contribution in [2.45, 2.75) is 25.7 Å². The molecule has 1 aromatic rings. The van der Waals surface area contributed by atoms with Crippen molar-refractivity contribution in [1.82, 2.24) is 4.98 Å². The fraction of sp³-hybridized carbons (Fsp3) is 0.444. The Kier molecular flexibility index (Phi) is 2.43. The Hall–Kier alpha value is -1.07. The summed E-state index contributed by atoms with van der Waals surface area (Å²) in [5.74, 6) is 0. The number of carbonyl (C=O) groups excluding carboxylic acids is 1. The zero-order chi connectivity index (χ0) is 10.1. The summed E-state index contributed by atoms with van der Waals surface area (Å²) in [4.78, 5) is 13.5. The normalized spacial score (nSPS) is 15.0. The molecule has 74 valence electrons. The van der Waals surface area contributed by atoms with Gasteiger partial charge in [-0.15, -0.1) is 0 Å². The van der Waals surface area contributed by atoms with Gasteiger partial charge in [-0.2, -0.15) is 0 Å². The lowest BCUT2D eigenvalue weighted by Crippen LogP contribution is -2.34. The van der Waals surface area contributed by atoms with Crippen LogP contribution in [-0.2, 0) is 12.8 Å². The van der Waals surface area contributed by atoms with Gasteiger partial charge >= 0.3 is 7.12 Å². The Labute approximate surface area is 82.1 Å². The van der Waals surface area contributed by atoms with E-state index in [4.69, 9.17) is 10.0 Å². The van der Waals surface area contributed by atoms with Gasteiger partial charge in [0, 0.05) is 5.59 Å².